The highest BCUT2D eigenvalue weighted by Crippen LogP contribution is 1.85. The van der Waals surface area contributed by atoms with Crippen molar-refractivity contribution in [1.82, 2.24) is 10.2 Å². The van der Waals surface area contributed by atoms with Crippen LogP contribution in [0.3, 0.4) is 0 Å². The third-order valence-corrected chi connectivity index (χ3v) is 1.46. The summed E-state index contributed by atoms with van der Waals surface area (Å²) in [6.45, 7) is 6.06. The van der Waals surface area contributed by atoms with Gasteiger partial charge in [-0.25, -0.2) is 0 Å². The summed E-state index contributed by atoms with van der Waals surface area (Å²) in [4.78, 5) is 12.6. The van der Waals surface area contributed by atoms with Crippen molar-refractivity contribution in [2.75, 3.05) is 26.7 Å². The second-order valence-corrected chi connectivity index (χ2v) is 2.20. The summed E-state index contributed by atoms with van der Waals surface area (Å²) in [5, 5.41) is 2.99. The SMILES string of the molecule is CCN(CCNC)C(C)=O. The Balaban J connectivity index is 3.50. The van der Waals surface area contributed by atoms with E-state index in [-0.39, 0.29) is 5.91 Å². The summed E-state index contributed by atoms with van der Waals surface area (Å²) in [5.74, 6) is 0.151. The van der Waals surface area contributed by atoms with Crippen LogP contribution in [0.2, 0.25) is 0 Å². The van der Waals surface area contributed by atoms with E-state index in [2.05, 4.69) is 5.32 Å². The number of amides is 1. The predicted molar refractivity (Wildman–Crippen MR) is 41.9 cm³/mol. The van der Waals surface area contributed by atoms with Gasteiger partial charge in [0.15, 0.2) is 0 Å². The first-order valence-electron chi connectivity index (χ1n) is 3.62. The van der Waals surface area contributed by atoms with E-state index < -0.39 is 0 Å². The van der Waals surface area contributed by atoms with Crippen LogP contribution in [-0.2, 0) is 4.79 Å². The molecule has 0 rings (SSSR count). The summed E-state index contributed by atoms with van der Waals surface area (Å²) in [5.41, 5.74) is 0. The van der Waals surface area contributed by atoms with Crippen molar-refractivity contribution >= 4 is 5.91 Å². The first kappa shape index (κ1) is 9.43. The average Bonchev–Trinajstić information content (AvgIpc) is 1.89. The van der Waals surface area contributed by atoms with Gasteiger partial charge in [-0.3, -0.25) is 4.79 Å². The average molecular weight is 144 g/mol. The normalized spacial score (nSPS) is 9.50. The van der Waals surface area contributed by atoms with Crippen molar-refractivity contribution in [2.45, 2.75) is 13.8 Å². The van der Waals surface area contributed by atoms with Gasteiger partial charge in [0, 0.05) is 26.6 Å². The van der Waals surface area contributed by atoms with Gasteiger partial charge in [0.2, 0.25) is 5.91 Å². The maximum Gasteiger partial charge on any atom is 0.219 e. The number of carbonyl (C=O) groups is 1. The molecule has 0 aliphatic rings. The van der Waals surface area contributed by atoms with Crippen LogP contribution in [-0.4, -0.2) is 37.5 Å². The van der Waals surface area contributed by atoms with E-state index in [4.69, 9.17) is 0 Å². The van der Waals surface area contributed by atoms with Crippen LogP contribution in [0.25, 0.3) is 0 Å². The molecule has 0 saturated heterocycles. The van der Waals surface area contributed by atoms with E-state index in [1.54, 1.807) is 11.8 Å². The third-order valence-electron chi connectivity index (χ3n) is 1.46. The van der Waals surface area contributed by atoms with Gasteiger partial charge < -0.3 is 10.2 Å². The minimum absolute atomic E-state index is 0.151. The van der Waals surface area contributed by atoms with E-state index >= 15 is 0 Å². The van der Waals surface area contributed by atoms with Gasteiger partial charge in [0.25, 0.3) is 0 Å². The molecule has 10 heavy (non-hydrogen) atoms. The molecule has 0 bridgehead atoms. The summed E-state index contributed by atoms with van der Waals surface area (Å²) in [6.07, 6.45) is 0. The number of nitrogens with zero attached hydrogens (tertiary/aromatic N) is 1. The van der Waals surface area contributed by atoms with Crippen LogP contribution < -0.4 is 5.32 Å². The Morgan fingerprint density at radius 2 is 2.20 bits per heavy atom. The first-order valence-corrected chi connectivity index (χ1v) is 3.62. The second-order valence-electron chi connectivity index (χ2n) is 2.20. The maximum atomic E-state index is 10.8. The molecule has 0 aromatic carbocycles. The Hall–Kier alpha value is -0.570. The summed E-state index contributed by atoms with van der Waals surface area (Å²) >= 11 is 0. The van der Waals surface area contributed by atoms with Crippen LogP contribution in [0.5, 0.6) is 0 Å². The monoisotopic (exact) mass is 144 g/mol. The Labute approximate surface area is 62.4 Å². The van der Waals surface area contributed by atoms with E-state index in [1.807, 2.05) is 14.0 Å². The molecule has 0 spiro atoms. The maximum absolute atomic E-state index is 10.8. The van der Waals surface area contributed by atoms with Gasteiger partial charge in [-0.15, -0.1) is 0 Å². The zero-order valence-electron chi connectivity index (χ0n) is 6.98. The van der Waals surface area contributed by atoms with E-state index in [0.717, 1.165) is 19.6 Å². The number of likely N-dealkylation sites (N-methyl/N-ethyl adjacent to an activating group) is 2. The molecule has 0 fully saturated rings. The van der Waals surface area contributed by atoms with Crippen molar-refractivity contribution in [3.05, 3.63) is 0 Å². The Morgan fingerprint density at radius 1 is 1.60 bits per heavy atom. The highest BCUT2D eigenvalue weighted by molar-refractivity contribution is 5.73. The van der Waals surface area contributed by atoms with Crippen LogP contribution in [0, 0.1) is 0 Å². The second kappa shape index (κ2) is 5.23. The standard InChI is InChI=1S/C7H16N2O/c1-4-9(7(2)10)6-5-8-3/h8H,4-6H2,1-3H3. The van der Waals surface area contributed by atoms with Gasteiger partial charge in [0.05, 0.1) is 0 Å². The van der Waals surface area contributed by atoms with Crippen LogP contribution in [0.15, 0.2) is 0 Å². The zero-order chi connectivity index (χ0) is 7.98. The molecule has 1 amide bonds. The smallest absolute Gasteiger partial charge is 0.219 e. The molecule has 0 saturated carbocycles. The summed E-state index contributed by atoms with van der Waals surface area (Å²) in [7, 11) is 1.88. The molecule has 0 aromatic rings. The number of nitrogens with one attached hydrogen (secondary N) is 1. The molecule has 0 aromatic heterocycles. The minimum atomic E-state index is 0.151. The molecular formula is C7H16N2O. The zero-order valence-corrected chi connectivity index (χ0v) is 6.98. The lowest BCUT2D eigenvalue weighted by molar-refractivity contribution is -0.128. The van der Waals surface area contributed by atoms with Crippen molar-refractivity contribution in [3.8, 4) is 0 Å². The number of hydrogen-bond donors (Lipinski definition) is 1. The van der Waals surface area contributed by atoms with Gasteiger partial charge in [-0.2, -0.15) is 0 Å². The lowest BCUT2D eigenvalue weighted by Gasteiger charge is -2.17. The molecule has 0 aliphatic carbocycles. The molecule has 0 aliphatic heterocycles. The quantitative estimate of drug-likeness (QED) is 0.605. The van der Waals surface area contributed by atoms with E-state index in [1.165, 1.54) is 0 Å². The van der Waals surface area contributed by atoms with Crippen LogP contribution >= 0.6 is 0 Å². The fourth-order valence-electron chi connectivity index (χ4n) is 0.785. The summed E-state index contributed by atoms with van der Waals surface area (Å²) < 4.78 is 0. The first-order chi connectivity index (χ1) is 4.72. The lowest BCUT2D eigenvalue weighted by atomic mass is 10.4. The van der Waals surface area contributed by atoms with Gasteiger partial charge in [-0.1, -0.05) is 0 Å². The van der Waals surface area contributed by atoms with Gasteiger partial charge in [-0.05, 0) is 14.0 Å². The van der Waals surface area contributed by atoms with Crippen molar-refractivity contribution in [3.63, 3.8) is 0 Å². The molecule has 1 N–H and O–H groups in total. The lowest BCUT2D eigenvalue weighted by Crippen LogP contribution is -2.34. The number of carbonyl (C=O) groups excluding carboxylic acids is 1. The fraction of sp³-hybridized carbons (Fsp3) is 0.857. The fourth-order valence-corrected chi connectivity index (χ4v) is 0.785. The molecule has 3 heteroatoms. The third kappa shape index (κ3) is 3.45. The Bertz CT molecular complexity index is 104. The molecule has 0 radical (unpaired) electrons. The highest BCUT2D eigenvalue weighted by atomic mass is 16.2. The molecule has 0 unspecified atom stereocenters. The molecule has 0 heterocycles. The molecule has 60 valence electrons. The predicted octanol–water partition coefficient (Wildman–Crippen LogP) is 0.0742. The van der Waals surface area contributed by atoms with Crippen molar-refractivity contribution in [1.29, 1.82) is 0 Å². The van der Waals surface area contributed by atoms with Gasteiger partial charge >= 0.3 is 0 Å². The van der Waals surface area contributed by atoms with Crippen molar-refractivity contribution in [2.24, 2.45) is 0 Å². The van der Waals surface area contributed by atoms with E-state index in [0.29, 0.717) is 0 Å². The molecular weight excluding hydrogens is 128 g/mol. The van der Waals surface area contributed by atoms with Crippen LogP contribution in [0.4, 0.5) is 0 Å². The molecule has 0 atom stereocenters. The molecule has 3 nitrogen and oxygen atoms in total. The minimum Gasteiger partial charge on any atom is -0.342 e. The van der Waals surface area contributed by atoms with Gasteiger partial charge in [0.1, 0.15) is 0 Å². The Kier molecular flexibility index (Phi) is 4.94. The van der Waals surface area contributed by atoms with Crippen LogP contribution in [0.1, 0.15) is 13.8 Å². The summed E-state index contributed by atoms with van der Waals surface area (Å²) in [6, 6.07) is 0. The number of rotatable bonds is 4. The number of hydrogen-bond acceptors (Lipinski definition) is 2. The Morgan fingerprint density at radius 3 is 2.50 bits per heavy atom. The topological polar surface area (TPSA) is 32.3 Å². The highest BCUT2D eigenvalue weighted by Gasteiger charge is 2.02. The largest absolute Gasteiger partial charge is 0.342 e. The van der Waals surface area contributed by atoms with Crippen molar-refractivity contribution < 1.29 is 4.79 Å². The van der Waals surface area contributed by atoms with E-state index in [9.17, 15) is 4.79 Å².